The fourth-order valence-corrected chi connectivity index (χ4v) is 3.26. The quantitative estimate of drug-likeness (QED) is 0.827. The van der Waals surface area contributed by atoms with E-state index in [2.05, 4.69) is 39.5 Å². The first kappa shape index (κ1) is 18.7. The minimum atomic E-state index is -0.227. The molecule has 1 aromatic carbocycles. The predicted octanol–water partition coefficient (Wildman–Crippen LogP) is 4.54. The first-order valence-electron chi connectivity index (χ1n) is 9.68. The van der Waals surface area contributed by atoms with E-state index < -0.39 is 0 Å². The Balaban J connectivity index is 1.49. The van der Waals surface area contributed by atoms with Gasteiger partial charge in [-0.25, -0.2) is 4.98 Å². The molecular weight excluding hydrogens is 322 g/mol. The van der Waals surface area contributed by atoms with Crippen LogP contribution in [0.25, 0.3) is 0 Å². The van der Waals surface area contributed by atoms with E-state index >= 15 is 0 Å². The van der Waals surface area contributed by atoms with E-state index in [-0.39, 0.29) is 5.60 Å². The zero-order valence-electron chi connectivity index (χ0n) is 16.3. The van der Waals surface area contributed by atoms with Crippen molar-refractivity contribution in [1.29, 1.82) is 0 Å². The Morgan fingerprint density at radius 2 is 1.65 bits per heavy atom. The number of pyridine rings is 1. The van der Waals surface area contributed by atoms with Crippen molar-refractivity contribution < 1.29 is 4.74 Å². The van der Waals surface area contributed by atoms with Crippen LogP contribution in [0.4, 0.5) is 5.69 Å². The van der Waals surface area contributed by atoms with Gasteiger partial charge in [-0.1, -0.05) is 12.1 Å². The Hall–Kier alpha value is -2.07. The largest absolute Gasteiger partial charge is 0.472 e. The second kappa shape index (κ2) is 8.54. The summed E-state index contributed by atoms with van der Waals surface area (Å²) in [5.41, 5.74) is 3.62. The number of piperidine rings is 1. The van der Waals surface area contributed by atoms with Crippen LogP contribution in [0, 0.1) is 0 Å². The van der Waals surface area contributed by atoms with E-state index in [1.807, 2.05) is 39.1 Å². The number of nitrogens with one attached hydrogen (secondary N) is 1. The van der Waals surface area contributed by atoms with E-state index in [9.17, 15) is 0 Å². The lowest BCUT2D eigenvalue weighted by atomic mass is 10.1. The highest BCUT2D eigenvalue weighted by Gasteiger charge is 2.13. The Labute approximate surface area is 157 Å². The number of anilines is 1. The van der Waals surface area contributed by atoms with Crippen molar-refractivity contribution in [3.05, 3.63) is 53.7 Å². The molecule has 2 aromatic rings. The molecule has 0 aliphatic carbocycles. The maximum atomic E-state index is 5.83. The van der Waals surface area contributed by atoms with E-state index in [0.29, 0.717) is 5.88 Å². The summed E-state index contributed by atoms with van der Waals surface area (Å²) in [4.78, 5) is 6.78. The Kier molecular flexibility index (Phi) is 6.15. The maximum Gasteiger partial charge on any atom is 0.214 e. The molecule has 0 radical (unpaired) electrons. The highest BCUT2D eigenvalue weighted by molar-refractivity contribution is 5.47. The first-order chi connectivity index (χ1) is 12.5. The van der Waals surface area contributed by atoms with Gasteiger partial charge >= 0.3 is 0 Å². The second-order valence-electron chi connectivity index (χ2n) is 8.03. The molecule has 0 amide bonds. The van der Waals surface area contributed by atoms with Crippen molar-refractivity contribution in [2.45, 2.75) is 58.7 Å². The Morgan fingerprint density at radius 3 is 2.35 bits per heavy atom. The molecule has 1 aliphatic rings. The molecule has 0 unspecified atom stereocenters. The fourth-order valence-electron chi connectivity index (χ4n) is 3.26. The van der Waals surface area contributed by atoms with Crippen molar-refractivity contribution in [3.8, 4) is 5.88 Å². The zero-order valence-corrected chi connectivity index (χ0v) is 16.3. The third kappa shape index (κ3) is 5.73. The normalized spacial score (nSPS) is 15.1. The third-order valence-electron chi connectivity index (χ3n) is 4.53. The summed E-state index contributed by atoms with van der Waals surface area (Å²) in [7, 11) is 0. The Bertz CT molecular complexity index is 685. The van der Waals surface area contributed by atoms with E-state index in [1.54, 1.807) is 0 Å². The predicted molar refractivity (Wildman–Crippen MR) is 108 cm³/mol. The highest BCUT2D eigenvalue weighted by atomic mass is 16.5. The molecule has 4 nitrogen and oxygen atoms in total. The average Bonchev–Trinajstić information content (AvgIpc) is 2.62. The monoisotopic (exact) mass is 353 g/mol. The molecular formula is C22H31N3O. The number of hydrogen-bond acceptors (Lipinski definition) is 4. The summed E-state index contributed by atoms with van der Waals surface area (Å²) in [6.45, 7) is 10.2. The summed E-state index contributed by atoms with van der Waals surface area (Å²) in [5.74, 6) is 0.683. The van der Waals surface area contributed by atoms with Crippen molar-refractivity contribution in [2.75, 3.05) is 18.0 Å². The van der Waals surface area contributed by atoms with Crippen LogP contribution in [0.2, 0.25) is 0 Å². The standard InChI is InChI=1S/C22H31N3O/c1-22(2,3)26-21-15-19(11-12-24-21)17-23-16-18-7-9-20(10-8-18)25-13-5-4-6-14-25/h7-12,15,23H,4-6,13-14,16-17H2,1-3H3. The molecule has 0 saturated carbocycles. The highest BCUT2D eigenvalue weighted by Crippen LogP contribution is 2.20. The fraction of sp³-hybridized carbons (Fsp3) is 0.500. The number of rotatable bonds is 6. The smallest absolute Gasteiger partial charge is 0.214 e. The summed E-state index contributed by atoms with van der Waals surface area (Å²) in [5, 5.41) is 3.51. The lowest BCUT2D eigenvalue weighted by Crippen LogP contribution is -2.29. The molecule has 0 bridgehead atoms. The van der Waals surface area contributed by atoms with Gasteiger partial charge in [-0.2, -0.15) is 0 Å². The molecule has 1 aliphatic heterocycles. The summed E-state index contributed by atoms with van der Waals surface area (Å²) in [6.07, 6.45) is 5.81. The molecule has 2 heterocycles. The van der Waals surface area contributed by atoms with Crippen LogP contribution in [-0.2, 0) is 13.1 Å². The maximum absolute atomic E-state index is 5.83. The second-order valence-corrected chi connectivity index (χ2v) is 8.03. The van der Waals surface area contributed by atoms with Gasteiger partial charge in [-0.05, 0) is 69.4 Å². The van der Waals surface area contributed by atoms with Gasteiger partial charge in [0, 0.05) is 44.1 Å². The van der Waals surface area contributed by atoms with E-state index in [1.165, 1.54) is 49.2 Å². The van der Waals surface area contributed by atoms with Gasteiger partial charge in [-0.15, -0.1) is 0 Å². The molecule has 1 saturated heterocycles. The van der Waals surface area contributed by atoms with Gasteiger partial charge in [0.25, 0.3) is 0 Å². The molecule has 140 valence electrons. The molecule has 1 fully saturated rings. The average molecular weight is 354 g/mol. The number of hydrogen-bond donors (Lipinski definition) is 1. The van der Waals surface area contributed by atoms with Crippen molar-refractivity contribution >= 4 is 5.69 Å². The van der Waals surface area contributed by atoms with Gasteiger partial charge in [0.1, 0.15) is 5.60 Å². The SMILES string of the molecule is CC(C)(C)Oc1cc(CNCc2ccc(N3CCCCC3)cc2)ccn1. The van der Waals surface area contributed by atoms with Crippen LogP contribution in [0.1, 0.15) is 51.2 Å². The molecule has 0 atom stereocenters. The van der Waals surface area contributed by atoms with Gasteiger partial charge in [-0.3, -0.25) is 0 Å². The van der Waals surface area contributed by atoms with Gasteiger partial charge in [0.2, 0.25) is 5.88 Å². The summed E-state index contributed by atoms with van der Waals surface area (Å²) < 4.78 is 5.83. The van der Waals surface area contributed by atoms with Gasteiger partial charge in [0.05, 0.1) is 0 Å². The zero-order chi connectivity index (χ0) is 18.4. The van der Waals surface area contributed by atoms with Crippen molar-refractivity contribution in [1.82, 2.24) is 10.3 Å². The molecule has 4 heteroatoms. The van der Waals surface area contributed by atoms with Crippen LogP contribution >= 0.6 is 0 Å². The summed E-state index contributed by atoms with van der Waals surface area (Å²) in [6, 6.07) is 13.0. The van der Waals surface area contributed by atoms with Crippen LogP contribution in [0.5, 0.6) is 5.88 Å². The van der Waals surface area contributed by atoms with E-state index in [0.717, 1.165) is 13.1 Å². The minimum Gasteiger partial charge on any atom is -0.472 e. The number of nitrogens with zero attached hydrogens (tertiary/aromatic N) is 2. The van der Waals surface area contributed by atoms with Crippen molar-refractivity contribution in [3.63, 3.8) is 0 Å². The van der Waals surface area contributed by atoms with Crippen LogP contribution in [-0.4, -0.2) is 23.7 Å². The molecule has 3 rings (SSSR count). The van der Waals surface area contributed by atoms with Gasteiger partial charge in [0.15, 0.2) is 0 Å². The third-order valence-corrected chi connectivity index (χ3v) is 4.53. The minimum absolute atomic E-state index is 0.227. The molecule has 1 N–H and O–H groups in total. The Morgan fingerprint density at radius 1 is 0.962 bits per heavy atom. The number of ether oxygens (including phenoxy) is 1. The first-order valence-corrected chi connectivity index (χ1v) is 9.68. The van der Waals surface area contributed by atoms with Crippen LogP contribution in [0.15, 0.2) is 42.6 Å². The van der Waals surface area contributed by atoms with E-state index in [4.69, 9.17) is 4.74 Å². The lowest BCUT2D eigenvalue weighted by molar-refractivity contribution is 0.124. The number of aromatic nitrogens is 1. The summed E-state index contributed by atoms with van der Waals surface area (Å²) >= 11 is 0. The van der Waals surface area contributed by atoms with Crippen molar-refractivity contribution in [2.24, 2.45) is 0 Å². The van der Waals surface area contributed by atoms with Gasteiger partial charge < -0.3 is 15.0 Å². The molecule has 1 aromatic heterocycles. The van der Waals surface area contributed by atoms with Crippen LogP contribution in [0.3, 0.4) is 0 Å². The number of benzene rings is 1. The topological polar surface area (TPSA) is 37.4 Å². The lowest BCUT2D eigenvalue weighted by Gasteiger charge is -2.28. The van der Waals surface area contributed by atoms with Crippen LogP contribution < -0.4 is 15.0 Å². The molecule has 26 heavy (non-hydrogen) atoms. The molecule has 0 spiro atoms.